The van der Waals surface area contributed by atoms with E-state index in [1.807, 2.05) is 0 Å². The Balaban J connectivity index is 2.00. The maximum Gasteiger partial charge on any atom is 0.0571 e. The average Bonchev–Trinajstić information content (AvgIpc) is 2.79. The van der Waals surface area contributed by atoms with Crippen molar-refractivity contribution in [2.24, 2.45) is 5.41 Å². The summed E-state index contributed by atoms with van der Waals surface area (Å²) in [5.74, 6) is 0. The van der Waals surface area contributed by atoms with Crippen molar-refractivity contribution in [1.82, 2.24) is 0 Å². The van der Waals surface area contributed by atoms with Crippen LogP contribution in [0.5, 0.6) is 0 Å². The van der Waals surface area contributed by atoms with Gasteiger partial charge in [0, 0.05) is 6.42 Å². The largest absolute Gasteiger partial charge is 0.0654 e. The van der Waals surface area contributed by atoms with Crippen molar-refractivity contribution in [3.8, 4) is 0 Å². The highest BCUT2D eigenvalue weighted by Gasteiger charge is 2.36. The zero-order chi connectivity index (χ0) is 23.0. The van der Waals surface area contributed by atoms with Gasteiger partial charge in [0.25, 0.3) is 0 Å². The fraction of sp³-hybridized carbons (Fsp3) is 0.281. The molecular formula is C32H34. The molecule has 0 bridgehead atoms. The van der Waals surface area contributed by atoms with Crippen LogP contribution in [0.3, 0.4) is 0 Å². The van der Waals surface area contributed by atoms with Crippen LogP contribution in [0.2, 0.25) is 0 Å². The van der Waals surface area contributed by atoms with Gasteiger partial charge in [-0.25, -0.2) is 0 Å². The molecule has 0 nitrogen and oxygen atoms in total. The summed E-state index contributed by atoms with van der Waals surface area (Å²) in [4.78, 5) is 0. The minimum atomic E-state index is -0.333. The summed E-state index contributed by atoms with van der Waals surface area (Å²) in [6.45, 7) is 13.7. The molecule has 1 aliphatic carbocycles. The first-order chi connectivity index (χ1) is 15.1. The fourth-order valence-corrected chi connectivity index (χ4v) is 4.37. The van der Waals surface area contributed by atoms with Crippen molar-refractivity contribution >= 4 is 5.57 Å². The van der Waals surface area contributed by atoms with Gasteiger partial charge in [0.15, 0.2) is 0 Å². The van der Waals surface area contributed by atoms with Crippen molar-refractivity contribution in [2.75, 3.05) is 0 Å². The van der Waals surface area contributed by atoms with Crippen LogP contribution in [0, 0.1) is 17.9 Å². The second-order valence-electron chi connectivity index (χ2n) is 10.9. The molecule has 0 unspecified atom stereocenters. The number of allylic oxidation sites excluding steroid dienone is 4. The average molecular weight is 419 g/mol. The quantitative estimate of drug-likeness (QED) is 0.401. The Morgan fingerprint density at radius 1 is 0.594 bits per heavy atom. The Bertz CT molecular complexity index is 1090. The van der Waals surface area contributed by atoms with Crippen molar-refractivity contribution < 1.29 is 0 Å². The van der Waals surface area contributed by atoms with E-state index in [0.717, 1.165) is 5.56 Å². The summed E-state index contributed by atoms with van der Waals surface area (Å²) < 4.78 is 0. The molecule has 4 rings (SSSR count). The number of hydrogen-bond donors (Lipinski definition) is 0. The second kappa shape index (κ2) is 8.24. The third-order valence-corrected chi connectivity index (χ3v) is 6.36. The Morgan fingerprint density at radius 2 is 1.16 bits per heavy atom. The number of benzene rings is 3. The fourth-order valence-electron chi connectivity index (χ4n) is 4.37. The van der Waals surface area contributed by atoms with Gasteiger partial charge in [0.1, 0.15) is 0 Å². The van der Waals surface area contributed by atoms with E-state index in [9.17, 15) is 0 Å². The number of hydrogen-bond acceptors (Lipinski definition) is 0. The zero-order valence-electron chi connectivity index (χ0n) is 20.2. The van der Waals surface area contributed by atoms with E-state index >= 15 is 0 Å². The Labute approximate surface area is 194 Å². The van der Waals surface area contributed by atoms with E-state index in [-0.39, 0.29) is 16.2 Å². The van der Waals surface area contributed by atoms with E-state index in [4.69, 9.17) is 0 Å². The molecule has 0 fully saturated rings. The minimum absolute atomic E-state index is 0.0238. The maximum atomic E-state index is 3.74. The van der Waals surface area contributed by atoms with E-state index in [1.165, 1.54) is 27.8 Å². The second-order valence-corrected chi connectivity index (χ2v) is 10.9. The van der Waals surface area contributed by atoms with Gasteiger partial charge in [0.2, 0.25) is 0 Å². The lowest BCUT2D eigenvalue weighted by Crippen LogP contribution is -2.29. The molecule has 0 spiro atoms. The van der Waals surface area contributed by atoms with Gasteiger partial charge in [-0.15, -0.1) is 0 Å². The molecule has 1 aliphatic rings. The van der Waals surface area contributed by atoms with E-state index in [1.54, 1.807) is 0 Å². The van der Waals surface area contributed by atoms with Crippen LogP contribution in [0.4, 0.5) is 0 Å². The topological polar surface area (TPSA) is 0 Å². The first-order valence-electron chi connectivity index (χ1n) is 11.5. The summed E-state index contributed by atoms with van der Waals surface area (Å²) in [6.07, 6.45) is 7.27. The van der Waals surface area contributed by atoms with Gasteiger partial charge >= 0.3 is 0 Å². The third kappa shape index (κ3) is 4.37. The van der Waals surface area contributed by atoms with Gasteiger partial charge in [0.05, 0.1) is 5.41 Å². The highest BCUT2D eigenvalue weighted by molar-refractivity contribution is 5.81. The summed E-state index contributed by atoms with van der Waals surface area (Å²) in [6, 6.07) is 32.0. The molecule has 0 aliphatic heterocycles. The standard InChI is InChI=1S/C32H34/c1-30(2,3)28-19-13-14-24(20-28)25-21-29(31(4,5)6)23-32(22-25,26-15-9-7-10-16-26)27-17-11-8-12-18-27/h7-19,21-23H,1-6H3. The Morgan fingerprint density at radius 3 is 1.66 bits per heavy atom. The van der Waals surface area contributed by atoms with Gasteiger partial charge in [-0.1, -0.05) is 138 Å². The highest BCUT2D eigenvalue weighted by Crippen LogP contribution is 2.47. The molecule has 0 N–H and O–H groups in total. The van der Waals surface area contributed by atoms with Crippen LogP contribution < -0.4 is 0 Å². The Hall–Kier alpha value is -2.86. The van der Waals surface area contributed by atoms with Crippen LogP contribution in [0.25, 0.3) is 5.57 Å². The van der Waals surface area contributed by atoms with Crippen molar-refractivity contribution in [1.29, 1.82) is 0 Å². The summed E-state index contributed by atoms with van der Waals surface area (Å²) >= 11 is 0. The molecule has 0 heterocycles. The first kappa shape index (κ1) is 22.3. The van der Waals surface area contributed by atoms with Gasteiger partial charge < -0.3 is 0 Å². The van der Waals surface area contributed by atoms with Gasteiger partial charge in [-0.05, 0) is 44.7 Å². The maximum absolute atomic E-state index is 3.74. The lowest BCUT2D eigenvalue weighted by molar-refractivity contribution is 0.503. The van der Waals surface area contributed by atoms with Crippen molar-refractivity contribution in [3.63, 3.8) is 0 Å². The third-order valence-electron chi connectivity index (χ3n) is 6.36. The van der Waals surface area contributed by atoms with Crippen LogP contribution in [-0.2, 0) is 10.8 Å². The van der Waals surface area contributed by atoms with E-state index < -0.39 is 0 Å². The summed E-state index contributed by atoms with van der Waals surface area (Å²) in [7, 11) is 0. The molecular weight excluding hydrogens is 384 g/mol. The summed E-state index contributed by atoms with van der Waals surface area (Å²) in [5, 5.41) is 0. The predicted molar refractivity (Wildman–Crippen MR) is 137 cm³/mol. The van der Waals surface area contributed by atoms with Crippen LogP contribution in [-0.4, -0.2) is 0 Å². The predicted octanol–water partition coefficient (Wildman–Crippen LogP) is 8.34. The lowest BCUT2D eigenvalue weighted by atomic mass is 9.65. The van der Waals surface area contributed by atoms with Crippen molar-refractivity contribution in [2.45, 2.75) is 52.4 Å². The number of rotatable bonds is 3. The monoisotopic (exact) mass is 418 g/mol. The molecule has 32 heavy (non-hydrogen) atoms. The lowest BCUT2D eigenvalue weighted by Gasteiger charge is -2.38. The van der Waals surface area contributed by atoms with Crippen LogP contribution in [0.15, 0.2) is 96.6 Å². The minimum Gasteiger partial charge on any atom is -0.0654 e. The SMILES string of the molecule is CC(C)(C)C1=CC(c2ccccc2)(c2ccccc2)C=C(c2[c]c(C(C)(C)C)ccc2)[CH]1. The molecule has 0 heteroatoms. The Kier molecular flexibility index (Phi) is 5.76. The van der Waals surface area contributed by atoms with Crippen LogP contribution >= 0.6 is 0 Å². The van der Waals surface area contributed by atoms with E-state index in [2.05, 4.69) is 145 Å². The first-order valence-corrected chi connectivity index (χ1v) is 11.5. The van der Waals surface area contributed by atoms with Gasteiger partial charge in [-0.2, -0.15) is 0 Å². The molecule has 0 amide bonds. The molecule has 3 aromatic carbocycles. The van der Waals surface area contributed by atoms with Crippen LogP contribution in [0.1, 0.15) is 63.8 Å². The summed E-state index contributed by atoms with van der Waals surface area (Å²) in [5.41, 5.74) is 7.29. The zero-order valence-corrected chi connectivity index (χ0v) is 20.2. The molecule has 0 saturated heterocycles. The molecule has 162 valence electrons. The van der Waals surface area contributed by atoms with Gasteiger partial charge in [-0.3, -0.25) is 0 Å². The molecule has 0 aromatic heterocycles. The smallest absolute Gasteiger partial charge is 0.0571 e. The van der Waals surface area contributed by atoms with E-state index in [0.29, 0.717) is 0 Å². The normalized spacial score (nSPS) is 16.3. The highest BCUT2D eigenvalue weighted by atomic mass is 14.4. The molecule has 0 atom stereocenters. The molecule has 3 aromatic rings. The molecule has 0 saturated carbocycles. The van der Waals surface area contributed by atoms with Crippen molar-refractivity contribution in [3.05, 3.63) is 131 Å². The molecule has 2 radical (unpaired) electrons.